The fourth-order valence-corrected chi connectivity index (χ4v) is 2.43. The van der Waals surface area contributed by atoms with Crippen LogP contribution in [0.2, 0.25) is 0 Å². The van der Waals surface area contributed by atoms with Crippen LogP contribution in [0.3, 0.4) is 0 Å². The Kier molecular flexibility index (Phi) is 3.86. The highest BCUT2D eigenvalue weighted by Crippen LogP contribution is 2.25. The summed E-state index contributed by atoms with van der Waals surface area (Å²) in [6, 6.07) is 7.16. The molecule has 118 valence electrons. The average molecular weight is 315 g/mol. The maximum Gasteiger partial charge on any atom is 0.228 e. The molecule has 5 heteroatoms. The maximum atomic E-state index is 13.2. The molecule has 1 heterocycles. The van der Waals surface area contributed by atoms with E-state index in [0.29, 0.717) is 0 Å². The highest BCUT2D eigenvalue weighted by Gasteiger charge is 2.12. The van der Waals surface area contributed by atoms with Gasteiger partial charge in [-0.1, -0.05) is 0 Å². The molecule has 1 aromatic heterocycles. The first-order valence-corrected chi connectivity index (χ1v) is 7.16. The van der Waals surface area contributed by atoms with Crippen molar-refractivity contribution in [3.05, 3.63) is 64.9 Å². The van der Waals surface area contributed by atoms with E-state index in [-0.39, 0.29) is 18.0 Å². The largest absolute Gasteiger partial charge is 0.464 e. The summed E-state index contributed by atoms with van der Waals surface area (Å²) in [5.41, 5.74) is 3.92. The second-order valence-corrected chi connectivity index (χ2v) is 5.55. The van der Waals surface area contributed by atoms with E-state index < -0.39 is 11.6 Å². The van der Waals surface area contributed by atoms with Crippen molar-refractivity contribution in [2.75, 3.05) is 5.32 Å². The molecule has 0 aliphatic carbocycles. The molecule has 1 amide bonds. The predicted octanol–water partition coefficient (Wildman–Crippen LogP) is 4.51. The van der Waals surface area contributed by atoms with Gasteiger partial charge in [0.25, 0.3) is 0 Å². The molecule has 0 aliphatic heterocycles. The van der Waals surface area contributed by atoms with Crippen LogP contribution in [0.5, 0.6) is 0 Å². The molecule has 23 heavy (non-hydrogen) atoms. The Bertz CT molecular complexity index is 899. The molecule has 0 saturated carbocycles. The van der Waals surface area contributed by atoms with Gasteiger partial charge in [-0.2, -0.15) is 0 Å². The van der Waals surface area contributed by atoms with E-state index in [2.05, 4.69) is 5.32 Å². The zero-order valence-electron chi connectivity index (χ0n) is 12.7. The number of anilines is 1. The Morgan fingerprint density at radius 3 is 2.57 bits per heavy atom. The molecule has 0 saturated heterocycles. The summed E-state index contributed by atoms with van der Waals surface area (Å²) < 4.78 is 31.5. The number of hydrogen-bond acceptors (Lipinski definition) is 2. The molecular formula is C18H15F2NO2. The van der Waals surface area contributed by atoms with E-state index in [0.717, 1.165) is 39.8 Å². The molecule has 0 fully saturated rings. The minimum atomic E-state index is -0.998. The molecule has 3 aromatic rings. The third kappa shape index (κ3) is 3.08. The number of amides is 1. The van der Waals surface area contributed by atoms with Gasteiger partial charge in [0, 0.05) is 22.7 Å². The number of rotatable bonds is 3. The molecule has 1 N–H and O–H groups in total. The number of nitrogens with one attached hydrogen (secondary N) is 1. The summed E-state index contributed by atoms with van der Waals surface area (Å²) in [7, 11) is 0. The first-order chi connectivity index (χ1) is 10.9. The average Bonchev–Trinajstić information content (AvgIpc) is 2.86. The van der Waals surface area contributed by atoms with Crippen LogP contribution in [0.25, 0.3) is 11.0 Å². The maximum absolute atomic E-state index is 13.2. The van der Waals surface area contributed by atoms with Crippen LogP contribution < -0.4 is 5.32 Å². The Morgan fingerprint density at radius 1 is 1.09 bits per heavy atom. The standard InChI is InChI=1S/C18H15F2NO2/c1-10-5-14-12(9-23-17(14)6-11(10)2)7-18(22)21-13-3-4-15(19)16(20)8-13/h3-6,8-9H,7H2,1-2H3,(H,21,22). The van der Waals surface area contributed by atoms with Crippen molar-refractivity contribution in [3.8, 4) is 0 Å². The van der Waals surface area contributed by atoms with Crippen LogP contribution in [0.15, 0.2) is 41.0 Å². The molecule has 0 radical (unpaired) electrons. The van der Waals surface area contributed by atoms with Gasteiger partial charge in [0.05, 0.1) is 12.7 Å². The van der Waals surface area contributed by atoms with Gasteiger partial charge in [0.1, 0.15) is 5.58 Å². The predicted molar refractivity (Wildman–Crippen MR) is 84.4 cm³/mol. The van der Waals surface area contributed by atoms with Gasteiger partial charge >= 0.3 is 0 Å². The van der Waals surface area contributed by atoms with E-state index >= 15 is 0 Å². The Hall–Kier alpha value is -2.69. The summed E-state index contributed by atoms with van der Waals surface area (Å²) in [6.45, 7) is 3.99. The van der Waals surface area contributed by atoms with E-state index in [1.807, 2.05) is 26.0 Å². The van der Waals surface area contributed by atoms with Gasteiger partial charge in [0.2, 0.25) is 5.91 Å². The summed E-state index contributed by atoms with van der Waals surface area (Å²) in [5, 5.41) is 3.43. The van der Waals surface area contributed by atoms with Crippen molar-refractivity contribution in [1.82, 2.24) is 0 Å². The van der Waals surface area contributed by atoms with Gasteiger partial charge in [0.15, 0.2) is 11.6 Å². The Morgan fingerprint density at radius 2 is 1.83 bits per heavy atom. The van der Waals surface area contributed by atoms with Crippen LogP contribution in [-0.2, 0) is 11.2 Å². The number of furan rings is 1. The van der Waals surface area contributed by atoms with Crippen molar-refractivity contribution in [2.24, 2.45) is 0 Å². The van der Waals surface area contributed by atoms with Gasteiger partial charge in [-0.05, 0) is 49.2 Å². The minimum Gasteiger partial charge on any atom is -0.464 e. The molecule has 0 unspecified atom stereocenters. The Labute approximate surface area is 131 Å². The SMILES string of the molecule is Cc1cc2occ(CC(=O)Nc3ccc(F)c(F)c3)c2cc1C. The van der Waals surface area contributed by atoms with Crippen molar-refractivity contribution in [1.29, 1.82) is 0 Å². The number of hydrogen-bond donors (Lipinski definition) is 1. The molecule has 0 atom stereocenters. The van der Waals surface area contributed by atoms with Gasteiger partial charge < -0.3 is 9.73 Å². The Balaban J connectivity index is 1.80. The van der Waals surface area contributed by atoms with Crippen LogP contribution >= 0.6 is 0 Å². The van der Waals surface area contributed by atoms with Crippen LogP contribution in [0, 0.1) is 25.5 Å². The summed E-state index contributed by atoms with van der Waals surface area (Å²) in [4.78, 5) is 12.1. The second kappa shape index (κ2) is 5.83. The highest BCUT2D eigenvalue weighted by atomic mass is 19.2. The first-order valence-electron chi connectivity index (χ1n) is 7.16. The highest BCUT2D eigenvalue weighted by molar-refractivity contribution is 5.95. The zero-order valence-corrected chi connectivity index (χ0v) is 12.7. The minimum absolute atomic E-state index is 0.0918. The van der Waals surface area contributed by atoms with Crippen LogP contribution in [0.1, 0.15) is 16.7 Å². The normalized spacial score (nSPS) is 11.0. The van der Waals surface area contributed by atoms with Gasteiger partial charge in [-0.25, -0.2) is 8.78 Å². The fourth-order valence-electron chi connectivity index (χ4n) is 2.43. The van der Waals surface area contributed by atoms with E-state index in [9.17, 15) is 13.6 Å². The number of benzene rings is 2. The number of aryl methyl sites for hydroxylation is 2. The topological polar surface area (TPSA) is 42.2 Å². The zero-order chi connectivity index (χ0) is 16.6. The van der Waals surface area contributed by atoms with Crippen LogP contribution in [0.4, 0.5) is 14.5 Å². The summed E-state index contributed by atoms with van der Waals surface area (Å²) in [5.74, 6) is -2.27. The van der Waals surface area contributed by atoms with Crippen molar-refractivity contribution in [3.63, 3.8) is 0 Å². The number of halogens is 2. The quantitative estimate of drug-likeness (QED) is 0.772. The second-order valence-electron chi connectivity index (χ2n) is 5.55. The van der Waals surface area contributed by atoms with Crippen molar-refractivity contribution in [2.45, 2.75) is 20.3 Å². The molecule has 0 bridgehead atoms. The molecular weight excluding hydrogens is 300 g/mol. The monoisotopic (exact) mass is 315 g/mol. The number of carbonyl (C=O) groups excluding carboxylic acids is 1. The van der Waals surface area contributed by atoms with E-state index in [1.165, 1.54) is 6.07 Å². The lowest BCUT2D eigenvalue weighted by molar-refractivity contribution is -0.115. The lowest BCUT2D eigenvalue weighted by Gasteiger charge is -2.05. The molecule has 3 rings (SSSR count). The van der Waals surface area contributed by atoms with Crippen molar-refractivity contribution < 1.29 is 18.0 Å². The summed E-state index contributed by atoms with van der Waals surface area (Å²) >= 11 is 0. The molecule has 2 aromatic carbocycles. The van der Waals surface area contributed by atoms with Gasteiger partial charge in [-0.15, -0.1) is 0 Å². The lowest BCUT2D eigenvalue weighted by Crippen LogP contribution is -2.14. The van der Waals surface area contributed by atoms with Gasteiger partial charge in [-0.3, -0.25) is 4.79 Å². The number of fused-ring (bicyclic) bond motifs is 1. The molecule has 0 aliphatic rings. The number of carbonyl (C=O) groups is 1. The first kappa shape index (κ1) is 15.2. The lowest BCUT2D eigenvalue weighted by atomic mass is 10.0. The van der Waals surface area contributed by atoms with Crippen molar-refractivity contribution >= 4 is 22.6 Å². The summed E-state index contributed by atoms with van der Waals surface area (Å²) in [6.07, 6.45) is 1.64. The molecule has 3 nitrogen and oxygen atoms in total. The molecule has 0 spiro atoms. The smallest absolute Gasteiger partial charge is 0.228 e. The fraction of sp³-hybridized carbons (Fsp3) is 0.167. The van der Waals surface area contributed by atoms with E-state index in [1.54, 1.807) is 6.26 Å². The van der Waals surface area contributed by atoms with E-state index in [4.69, 9.17) is 4.42 Å². The third-order valence-corrected chi connectivity index (χ3v) is 3.82. The van der Waals surface area contributed by atoms with Crippen LogP contribution in [-0.4, -0.2) is 5.91 Å². The third-order valence-electron chi connectivity index (χ3n) is 3.82.